The monoisotopic (exact) mass is 269 g/mol. The van der Waals surface area contributed by atoms with E-state index in [1.54, 1.807) is 0 Å². The Kier molecular flexibility index (Phi) is 5.48. The van der Waals surface area contributed by atoms with Crippen LogP contribution in [0.3, 0.4) is 0 Å². The van der Waals surface area contributed by atoms with Crippen molar-refractivity contribution in [2.75, 3.05) is 6.61 Å². The van der Waals surface area contributed by atoms with E-state index in [4.69, 9.17) is 16.3 Å². The zero-order chi connectivity index (χ0) is 13.7. The molecule has 1 amide bonds. The third kappa shape index (κ3) is 4.22. The van der Waals surface area contributed by atoms with Gasteiger partial charge in [0.25, 0.3) is 5.91 Å². The quantitative estimate of drug-likeness (QED) is 0.891. The van der Waals surface area contributed by atoms with E-state index in [-0.39, 0.29) is 18.6 Å². The van der Waals surface area contributed by atoms with Gasteiger partial charge in [-0.1, -0.05) is 18.5 Å². The summed E-state index contributed by atoms with van der Waals surface area (Å²) < 4.78 is 5.46. The fourth-order valence-corrected chi connectivity index (χ4v) is 1.67. The molecular formula is C14H20ClNO2. The van der Waals surface area contributed by atoms with Gasteiger partial charge in [-0.15, -0.1) is 0 Å². The predicted octanol–water partition coefficient (Wildman–Crippen LogP) is 3.25. The van der Waals surface area contributed by atoms with Crippen molar-refractivity contribution in [1.29, 1.82) is 0 Å². The molecule has 3 nitrogen and oxygen atoms in total. The van der Waals surface area contributed by atoms with Crippen LogP contribution in [0.15, 0.2) is 12.1 Å². The van der Waals surface area contributed by atoms with Crippen LogP contribution < -0.4 is 10.1 Å². The lowest BCUT2D eigenvalue weighted by molar-refractivity contribution is -0.123. The molecule has 0 heterocycles. The second-order valence-electron chi connectivity index (χ2n) is 4.54. The van der Waals surface area contributed by atoms with E-state index in [0.29, 0.717) is 5.75 Å². The van der Waals surface area contributed by atoms with E-state index in [0.717, 1.165) is 22.6 Å². The highest BCUT2D eigenvalue weighted by atomic mass is 35.5. The lowest BCUT2D eigenvalue weighted by atomic mass is 10.1. The molecule has 1 atom stereocenters. The lowest BCUT2D eigenvalue weighted by Crippen LogP contribution is -2.35. The summed E-state index contributed by atoms with van der Waals surface area (Å²) >= 11 is 6.07. The molecule has 18 heavy (non-hydrogen) atoms. The van der Waals surface area contributed by atoms with Gasteiger partial charge in [-0.25, -0.2) is 0 Å². The first-order valence-electron chi connectivity index (χ1n) is 6.13. The van der Waals surface area contributed by atoms with Crippen LogP contribution in [-0.2, 0) is 4.79 Å². The van der Waals surface area contributed by atoms with Crippen LogP contribution in [0, 0.1) is 13.8 Å². The summed E-state index contributed by atoms with van der Waals surface area (Å²) in [5, 5.41) is 3.59. The number of hydrogen-bond donors (Lipinski definition) is 1. The zero-order valence-electron chi connectivity index (χ0n) is 11.3. The minimum absolute atomic E-state index is 0.0326. The van der Waals surface area contributed by atoms with Crippen molar-refractivity contribution < 1.29 is 9.53 Å². The molecule has 1 aromatic rings. The third-order valence-electron chi connectivity index (χ3n) is 2.80. The van der Waals surface area contributed by atoms with Gasteiger partial charge < -0.3 is 10.1 Å². The zero-order valence-corrected chi connectivity index (χ0v) is 12.1. The van der Waals surface area contributed by atoms with Crippen molar-refractivity contribution in [3.05, 3.63) is 28.3 Å². The Hall–Kier alpha value is -1.22. The number of aryl methyl sites for hydroxylation is 2. The number of benzene rings is 1. The third-order valence-corrected chi connectivity index (χ3v) is 3.40. The molecule has 4 heteroatoms. The molecular weight excluding hydrogens is 250 g/mol. The summed E-state index contributed by atoms with van der Waals surface area (Å²) in [6.45, 7) is 7.86. The first-order chi connectivity index (χ1) is 8.43. The van der Waals surface area contributed by atoms with Crippen LogP contribution in [-0.4, -0.2) is 18.6 Å². The molecule has 0 aliphatic heterocycles. The van der Waals surface area contributed by atoms with Crippen LogP contribution in [0.25, 0.3) is 0 Å². The number of hydrogen-bond acceptors (Lipinski definition) is 2. The lowest BCUT2D eigenvalue weighted by Gasteiger charge is -2.13. The Morgan fingerprint density at radius 1 is 1.39 bits per heavy atom. The maximum absolute atomic E-state index is 11.6. The average Bonchev–Trinajstić information content (AvgIpc) is 2.33. The second kappa shape index (κ2) is 6.64. The average molecular weight is 270 g/mol. The maximum Gasteiger partial charge on any atom is 0.258 e. The van der Waals surface area contributed by atoms with E-state index >= 15 is 0 Å². The molecule has 100 valence electrons. The van der Waals surface area contributed by atoms with Crippen molar-refractivity contribution >= 4 is 17.5 Å². The van der Waals surface area contributed by atoms with Crippen LogP contribution in [0.1, 0.15) is 31.4 Å². The van der Waals surface area contributed by atoms with E-state index in [1.165, 1.54) is 0 Å². The predicted molar refractivity (Wildman–Crippen MR) is 74.3 cm³/mol. The van der Waals surface area contributed by atoms with E-state index in [9.17, 15) is 4.79 Å². The summed E-state index contributed by atoms with van der Waals surface area (Å²) in [6.07, 6.45) is 0.908. The smallest absolute Gasteiger partial charge is 0.258 e. The van der Waals surface area contributed by atoms with Gasteiger partial charge in [-0.2, -0.15) is 0 Å². The molecule has 0 saturated carbocycles. The van der Waals surface area contributed by atoms with Crippen molar-refractivity contribution in [3.8, 4) is 5.75 Å². The normalized spacial score (nSPS) is 12.1. The number of rotatable bonds is 5. The van der Waals surface area contributed by atoms with Gasteiger partial charge in [0.15, 0.2) is 6.61 Å². The summed E-state index contributed by atoms with van der Waals surface area (Å²) in [5.74, 6) is 0.573. The summed E-state index contributed by atoms with van der Waals surface area (Å²) in [5.41, 5.74) is 1.91. The molecule has 1 rings (SSSR count). The number of amides is 1. The van der Waals surface area contributed by atoms with Crippen LogP contribution in [0.4, 0.5) is 0 Å². The number of carbonyl (C=O) groups is 1. The van der Waals surface area contributed by atoms with Crippen molar-refractivity contribution in [3.63, 3.8) is 0 Å². The highest BCUT2D eigenvalue weighted by Crippen LogP contribution is 2.25. The fourth-order valence-electron chi connectivity index (χ4n) is 1.56. The molecule has 0 aromatic heterocycles. The Morgan fingerprint density at radius 3 is 2.44 bits per heavy atom. The van der Waals surface area contributed by atoms with Crippen molar-refractivity contribution in [1.82, 2.24) is 5.32 Å². The minimum atomic E-state index is -0.102. The molecule has 0 aliphatic rings. The summed E-state index contributed by atoms with van der Waals surface area (Å²) in [7, 11) is 0. The van der Waals surface area contributed by atoms with Gasteiger partial charge in [0.2, 0.25) is 0 Å². The largest absolute Gasteiger partial charge is 0.484 e. The minimum Gasteiger partial charge on any atom is -0.484 e. The van der Waals surface area contributed by atoms with Gasteiger partial charge in [-0.05, 0) is 50.5 Å². The van der Waals surface area contributed by atoms with E-state index in [2.05, 4.69) is 5.32 Å². The number of nitrogens with one attached hydrogen (secondary N) is 1. The van der Waals surface area contributed by atoms with Crippen LogP contribution >= 0.6 is 11.6 Å². The molecule has 1 N–H and O–H groups in total. The topological polar surface area (TPSA) is 38.3 Å². The highest BCUT2D eigenvalue weighted by Gasteiger charge is 2.08. The van der Waals surface area contributed by atoms with E-state index < -0.39 is 0 Å². The Balaban J connectivity index is 2.56. The van der Waals surface area contributed by atoms with Crippen LogP contribution in [0.5, 0.6) is 5.75 Å². The molecule has 0 saturated heterocycles. The second-order valence-corrected chi connectivity index (χ2v) is 4.91. The van der Waals surface area contributed by atoms with Gasteiger partial charge in [-0.3, -0.25) is 4.79 Å². The number of ether oxygens (including phenoxy) is 1. The van der Waals surface area contributed by atoms with Gasteiger partial charge >= 0.3 is 0 Å². The van der Waals surface area contributed by atoms with Gasteiger partial charge in [0.05, 0.1) is 0 Å². The SMILES string of the molecule is CCC(C)NC(=O)COc1cc(C)c(Cl)c(C)c1. The Labute approximate surface area is 113 Å². The molecule has 1 aromatic carbocycles. The fraction of sp³-hybridized carbons (Fsp3) is 0.500. The molecule has 1 unspecified atom stereocenters. The summed E-state index contributed by atoms with van der Waals surface area (Å²) in [4.78, 5) is 11.6. The van der Waals surface area contributed by atoms with Crippen LogP contribution in [0.2, 0.25) is 5.02 Å². The number of carbonyl (C=O) groups excluding carboxylic acids is 1. The number of halogens is 1. The highest BCUT2D eigenvalue weighted by molar-refractivity contribution is 6.32. The molecule has 0 bridgehead atoms. The Bertz CT molecular complexity index is 409. The Morgan fingerprint density at radius 2 is 1.94 bits per heavy atom. The first kappa shape index (κ1) is 14.8. The molecule has 0 radical (unpaired) electrons. The molecule has 0 aliphatic carbocycles. The summed E-state index contributed by atoms with van der Waals surface area (Å²) in [6, 6.07) is 3.85. The molecule has 0 spiro atoms. The molecule has 0 fully saturated rings. The van der Waals surface area contributed by atoms with Gasteiger partial charge in [0.1, 0.15) is 5.75 Å². The van der Waals surface area contributed by atoms with Crippen molar-refractivity contribution in [2.45, 2.75) is 40.2 Å². The van der Waals surface area contributed by atoms with Crippen molar-refractivity contribution in [2.24, 2.45) is 0 Å². The van der Waals surface area contributed by atoms with E-state index in [1.807, 2.05) is 39.8 Å². The van der Waals surface area contributed by atoms with Gasteiger partial charge in [0, 0.05) is 11.1 Å². The first-order valence-corrected chi connectivity index (χ1v) is 6.50. The standard InChI is InChI=1S/C14H20ClNO2/c1-5-11(4)16-13(17)8-18-12-6-9(2)14(15)10(3)7-12/h6-7,11H,5,8H2,1-4H3,(H,16,17). The maximum atomic E-state index is 11.6.